The minimum atomic E-state index is -4.44. The van der Waals surface area contributed by atoms with Crippen molar-refractivity contribution in [3.05, 3.63) is 90.3 Å². The third-order valence-corrected chi connectivity index (χ3v) is 4.29. The molecule has 0 spiro atoms. The Morgan fingerprint density at radius 3 is 2.36 bits per heavy atom. The number of imidazole rings is 1. The SMILES string of the molecule is O=C(Nc1ccccc1-c1cn2ccccc2n1)c1ccc(C(F)(F)F)cc1. The topological polar surface area (TPSA) is 46.4 Å². The molecule has 0 unspecified atom stereocenters. The Morgan fingerprint density at radius 2 is 1.64 bits per heavy atom. The second kappa shape index (κ2) is 6.84. The van der Waals surface area contributed by atoms with Gasteiger partial charge < -0.3 is 9.72 Å². The number of nitrogens with one attached hydrogen (secondary N) is 1. The summed E-state index contributed by atoms with van der Waals surface area (Å²) in [5, 5.41) is 2.76. The number of para-hydroxylation sites is 1. The number of carbonyl (C=O) groups is 1. The van der Waals surface area contributed by atoms with Crippen molar-refractivity contribution in [2.75, 3.05) is 5.32 Å². The number of pyridine rings is 1. The van der Waals surface area contributed by atoms with Gasteiger partial charge >= 0.3 is 6.18 Å². The monoisotopic (exact) mass is 381 g/mol. The Balaban J connectivity index is 1.63. The fraction of sp³-hybridized carbons (Fsp3) is 0.0476. The zero-order chi connectivity index (χ0) is 19.7. The fourth-order valence-corrected chi connectivity index (χ4v) is 2.88. The average molecular weight is 381 g/mol. The van der Waals surface area contributed by atoms with E-state index >= 15 is 0 Å². The number of halogens is 3. The second-order valence-electron chi connectivity index (χ2n) is 6.17. The molecule has 7 heteroatoms. The van der Waals surface area contributed by atoms with Gasteiger partial charge in [-0.3, -0.25) is 4.79 Å². The lowest BCUT2D eigenvalue weighted by molar-refractivity contribution is -0.137. The summed E-state index contributed by atoms with van der Waals surface area (Å²) in [6.45, 7) is 0. The largest absolute Gasteiger partial charge is 0.416 e. The van der Waals surface area contributed by atoms with E-state index < -0.39 is 17.6 Å². The van der Waals surface area contributed by atoms with Crippen molar-refractivity contribution < 1.29 is 18.0 Å². The standard InChI is InChI=1S/C21H14F3N3O/c22-21(23,24)15-10-8-14(9-11-15)20(28)26-17-6-2-1-5-16(17)18-13-27-12-4-3-7-19(27)25-18/h1-13H,(H,26,28). The van der Waals surface area contributed by atoms with Gasteiger partial charge in [-0.05, 0) is 42.5 Å². The van der Waals surface area contributed by atoms with E-state index in [1.807, 2.05) is 47.1 Å². The predicted molar refractivity (Wildman–Crippen MR) is 100 cm³/mol. The van der Waals surface area contributed by atoms with E-state index in [0.29, 0.717) is 16.9 Å². The van der Waals surface area contributed by atoms with Crippen LogP contribution < -0.4 is 5.32 Å². The number of fused-ring (bicyclic) bond motifs is 1. The maximum absolute atomic E-state index is 12.7. The number of hydrogen-bond acceptors (Lipinski definition) is 2. The van der Waals surface area contributed by atoms with E-state index in [4.69, 9.17) is 0 Å². The lowest BCUT2D eigenvalue weighted by atomic mass is 10.1. The van der Waals surface area contributed by atoms with Crippen LogP contribution in [-0.4, -0.2) is 15.3 Å². The maximum Gasteiger partial charge on any atom is 0.416 e. The normalized spacial score (nSPS) is 11.5. The lowest BCUT2D eigenvalue weighted by Gasteiger charge is -2.11. The van der Waals surface area contributed by atoms with Crippen LogP contribution in [0.2, 0.25) is 0 Å². The van der Waals surface area contributed by atoms with Gasteiger partial charge in [0.15, 0.2) is 0 Å². The minimum Gasteiger partial charge on any atom is -0.321 e. The minimum absolute atomic E-state index is 0.137. The number of hydrogen-bond donors (Lipinski definition) is 1. The highest BCUT2D eigenvalue weighted by Gasteiger charge is 2.30. The van der Waals surface area contributed by atoms with Gasteiger partial charge in [-0.15, -0.1) is 0 Å². The number of amides is 1. The first-order valence-electron chi connectivity index (χ1n) is 8.43. The summed E-state index contributed by atoms with van der Waals surface area (Å²) >= 11 is 0. The first-order chi connectivity index (χ1) is 13.4. The molecule has 0 aliphatic rings. The Hall–Kier alpha value is -3.61. The molecule has 2 heterocycles. The van der Waals surface area contributed by atoms with Crippen LogP contribution in [0.4, 0.5) is 18.9 Å². The average Bonchev–Trinajstić information content (AvgIpc) is 3.12. The number of benzene rings is 2. The molecule has 0 bridgehead atoms. The first kappa shape index (κ1) is 17.8. The molecule has 0 aliphatic carbocycles. The first-order valence-corrected chi connectivity index (χ1v) is 8.43. The third kappa shape index (κ3) is 3.46. The zero-order valence-corrected chi connectivity index (χ0v) is 14.4. The van der Waals surface area contributed by atoms with Crippen LogP contribution in [0.1, 0.15) is 15.9 Å². The second-order valence-corrected chi connectivity index (χ2v) is 6.17. The van der Waals surface area contributed by atoms with Gasteiger partial charge in [0, 0.05) is 23.5 Å². The third-order valence-electron chi connectivity index (χ3n) is 4.29. The van der Waals surface area contributed by atoms with Gasteiger partial charge in [0.25, 0.3) is 5.91 Å². The van der Waals surface area contributed by atoms with Gasteiger partial charge in [0.1, 0.15) is 5.65 Å². The molecule has 4 rings (SSSR count). The highest BCUT2D eigenvalue weighted by atomic mass is 19.4. The van der Waals surface area contributed by atoms with E-state index in [-0.39, 0.29) is 5.56 Å². The zero-order valence-electron chi connectivity index (χ0n) is 14.4. The van der Waals surface area contributed by atoms with Crippen molar-refractivity contribution in [1.29, 1.82) is 0 Å². The smallest absolute Gasteiger partial charge is 0.321 e. The van der Waals surface area contributed by atoms with Gasteiger partial charge in [0.05, 0.1) is 16.9 Å². The van der Waals surface area contributed by atoms with Gasteiger partial charge in [-0.1, -0.05) is 24.3 Å². The molecule has 140 valence electrons. The Kier molecular flexibility index (Phi) is 4.35. The van der Waals surface area contributed by atoms with E-state index in [1.54, 1.807) is 12.1 Å². The molecular formula is C21H14F3N3O. The van der Waals surface area contributed by atoms with Crippen LogP contribution >= 0.6 is 0 Å². The Labute approximate surface area is 158 Å². The van der Waals surface area contributed by atoms with Gasteiger partial charge in [-0.25, -0.2) is 4.98 Å². The Morgan fingerprint density at radius 1 is 0.929 bits per heavy atom. The van der Waals surface area contributed by atoms with Gasteiger partial charge in [-0.2, -0.15) is 13.2 Å². The quantitative estimate of drug-likeness (QED) is 0.525. The van der Waals surface area contributed by atoms with Crippen LogP contribution in [0.15, 0.2) is 79.1 Å². The number of aromatic nitrogens is 2. The number of alkyl halides is 3. The van der Waals surface area contributed by atoms with E-state index in [0.717, 1.165) is 29.9 Å². The molecule has 0 radical (unpaired) electrons. The molecule has 28 heavy (non-hydrogen) atoms. The van der Waals surface area contributed by atoms with Crippen LogP contribution in [-0.2, 0) is 6.18 Å². The molecule has 4 aromatic rings. The predicted octanol–water partition coefficient (Wildman–Crippen LogP) is 5.27. The molecule has 0 saturated carbocycles. The number of anilines is 1. The molecular weight excluding hydrogens is 367 g/mol. The van der Waals surface area contributed by atoms with Crippen LogP contribution in [0, 0.1) is 0 Å². The van der Waals surface area contributed by atoms with Crippen molar-refractivity contribution >= 4 is 17.2 Å². The number of rotatable bonds is 3. The van der Waals surface area contributed by atoms with Crippen molar-refractivity contribution in [2.24, 2.45) is 0 Å². The van der Waals surface area contributed by atoms with Crippen molar-refractivity contribution in [1.82, 2.24) is 9.38 Å². The molecule has 4 nitrogen and oxygen atoms in total. The van der Waals surface area contributed by atoms with E-state index in [1.165, 1.54) is 0 Å². The molecule has 1 N–H and O–H groups in total. The molecule has 0 fully saturated rings. The summed E-state index contributed by atoms with van der Waals surface area (Å²) in [5.74, 6) is -0.495. The summed E-state index contributed by atoms with van der Waals surface area (Å²) in [7, 11) is 0. The molecule has 2 aromatic heterocycles. The van der Waals surface area contributed by atoms with Crippen molar-refractivity contribution in [3.63, 3.8) is 0 Å². The lowest BCUT2D eigenvalue weighted by Crippen LogP contribution is -2.13. The summed E-state index contributed by atoms with van der Waals surface area (Å²) < 4.78 is 39.9. The summed E-state index contributed by atoms with van der Waals surface area (Å²) in [6, 6.07) is 16.9. The Bertz CT molecular complexity index is 1110. The summed E-state index contributed by atoms with van der Waals surface area (Å²) in [6.07, 6.45) is -0.724. The highest BCUT2D eigenvalue weighted by Crippen LogP contribution is 2.30. The fourth-order valence-electron chi connectivity index (χ4n) is 2.88. The van der Waals surface area contributed by atoms with Crippen LogP contribution in [0.3, 0.4) is 0 Å². The highest BCUT2D eigenvalue weighted by molar-refractivity contribution is 6.06. The molecule has 0 saturated heterocycles. The van der Waals surface area contributed by atoms with E-state index in [2.05, 4.69) is 10.3 Å². The number of carbonyl (C=O) groups excluding carboxylic acids is 1. The molecule has 0 aliphatic heterocycles. The van der Waals surface area contributed by atoms with Crippen molar-refractivity contribution in [2.45, 2.75) is 6.18 Å². The van der Waals surface area contributed by atoms with E-state index in [9.17, 15) is 18.0 Å². The number of nitrogens with zero attached hydrogens (tertiary/aromatic N) is 2. The van der Waals surface area contributed by atoms with Gasteiger partial charge in [0.2, 0.25) is 0 Å². The summed E-state index contributed by atoms with van der Waals surface area (Å²) in [4.78, 5) is 17.1. The molecule has 1 amide bonds. The molecule has 2 aromatic carbocycles. The maximum atomic E-state index is 12.7. The molecule has 0 atom stereocenters. The van der Waals surface area contributed by atoms with Crippen LogP contribution in [0.5, 0.6) is 0 Å². The van der Waals surface area contributed by atoms with Crippen molar-refractivity contribution in [3.8, 4) is 11.3 Å². The summed E-state index contributed by atoms with van der Waals surface area (Å²) in [5.41, 5.74) is 2.02. The van der Waals surface area contributed by atoms with Crippen LogP contribution in [0.25, 0.3) is 16.9 Å².